The Balaban J connectivity index is 2.12. The van der Waals surface area contributed by atoms with Crippen molar-refractivity contribution in [1.82, 2.24) is 10.3 Å². The lowest BCUT2D eigenvalue weighted by Crippen LogP contribution is -2.16. The van der Waals surface area contributed by atoms with Gasteiger partial charge in [0.05, 0.1) is 0 Å². The summed E-state index contributed by atoms with van der Waals surface area (Å²) >= 11 is 0. The van der Waals surface area contributed by atoms with Gasteiger partial charge in [-0.1, -0.05) is 13.0 Å². The van der Waals surface area contributed by atoms with E-state index in [1.807, 2.05) is 12.4 Å². The summed E-state index contributed by atoms with van der Waals surface area (Å²) in [6, 6.07) is 2.15. The highest BCUT2D eigenvalue weighted by Gasteiger charge is 1.99. The molecule has 0 spiro atoms. The molecule has 1 aromatic heterocycles. The molecule has 0 fully saturated rings. The summed E-state index contributed by atoms with van der Waals surface area (Å²) in [5.74, 6) is 0.419. The van der Waals surface area contributed by atoms with Crippen LogP contribution in [0.15, 0.2) is 18.5 Å². The van der Waals surface area contributed by atoms with E-state index in [0.29, 0.717) is 12.5 Å². The fourth-order valence-corrected chi connectivity index (χ4v) is 1.61. The fraction of sp³-hybridized carbons (Fsp3) is 0.615. The molecule has 16 heavy (non-hydrogen) atoms. The number of hydrogen-bond donors (Lipinski definition) is 2. The zero-order chi connectivity index (χ0) is 11.8. The van der Waals surface area contributed by atoms with Crippen molar-refractivity contribution >= 4 is 0 Å². The van der Waals surface area contributed by atoms with Crippen molar-refractivity contribution in [2.45, 2.75) is 33.2 Å². The van der Waals surface area contributed by atoms with Crippen LogP contribution in [0.3, 0.4) is 0 Å². The smallest absolute Gasteiger partial charge is 0.0456 e. The molecule has 1 atom stereocenters. The number of aryl methyl sites for hydroxylation is 1. The highest BCUT2D eigenvalue weighted by atomic mass is 16.3. The van der Waals surface area contributed by atoms with Crippen molar-refractivity contribution in [3.05, 3.63) is 29.6 Å². The summed E-state index contributed by atoms with van der Waals surface area (Å²) in [5, 5.41) is 12.3. The first-order valence-corrected chi connectivity index (χ1v) is 5.94. The van der Waals surface area contributed by atoms with E-state index in [4.69, 9.17) is 5.11 Å². The number of rotatable bonds is 7. The van der Waals surface area contributed by atoms with Crippen LogP contribution in [-0.2, 0) is 6.54 Å². The standard InChI is InChI=1S/C13H22N2O/c1-11(10-16)4-3-5-14-8-13-6-12(2)7-15-9-13/h6-7,9,11,14,16H,3-5,8,10H2,1-2H3. The van der Waals surface area contributed by atoms with Crippen LogP contribution in [0.25, 0.3) is 0 Å². The third kappa shape index (κ3) is 5.24. The van der Waals surface area contributed by atoms with Crippen LogP contribution in [0.5, 0.6) is 0 Å². The molecule has 0 aliphatic carbocycles. The van der Waals surface area contributed by atoms with Gasteiger partial charge in [0.1, 0.15) is 0 Å². The van der Waals surface area contributed by atoms with E-state index >= 15 is 0 Å². The molecule has 0 radical (unpaired) electrons. The van der Waals surface area contributed by atoms with Gasteiger partial charge in [-0.25, -0.2) is 0 Å². The molecule has 0 bridgehead atoms. The molecule has 90 valence electrons. The van der Waals surface area contributed by atoms with E-state index < -0.39 is 0 Å². The summed E-state index contributed by atoms with van der Waals surface area (Å²) in [6.45, 7) is 6.30. The third-order valence-electron chi connectivity index (χ3n) is 2.62. The van der Waals surface area contributed by atoms with Gasteiger partial charge in [0.15, 0.2) is 0 Å². The molecule has 0 saturated heterocycles. The van der Waals surface area contributed by atoms with Crippen molar-refractivity contribution in [2.75, 3.05) is 13.2 Å². The largest absolute Gasteiger partial charge is 0.396 e. The first-order chi connectivity index (χ1) is 7.72. The van der Waals surface area contributed by atoms with E-state index in [0.717, 1.165) is 25.9 Å². The zero-order valence-corrected chi connectivity index (χ0v) is 10.2. The van der Waals surface area contributed by atoms with Gasteiger partial charge in [0.25, 0.3) is 0 Å². The maximum Gasteiger partial charge on any atom is 0.0456 e. The SMILES string of the molecule is Cc1cncc(CNCCCC(C)CO)c1. The van der Waals surface area contributed by atoms with Gasteiger partial charge in [0, 0.05) is 25.5 Å². The van der Waals surface area contributed by atoms with Crippen LogP contribution in [0.1, 0.15) is 30.9 Å². The molecule has 1 unspecified atom stereocenters. The van der Waals surface area contributed by atoms with Crippen LogP contribution in [0.2, 0.25) is 0 Å². The predicted molar refractivity (Wildman–Crippen MR) is 66.2 cm³/mol. The summed E-state index contributed by atoms with van der Waals surface area (Å²) in [5.41, 5.74) is 2.43. The number of aliphatic hydroxyl groups is 1. The zero-order valence-electron chi connectivity index (χ0n) is 10.2. The minimum absolute atomic E-state index is 0.293. The van der Waals surface area contributed by atoms with Crippen LogP contribution in [-0.4, -0.2) is 23.2 Å². The van der Waals surface area contributed by atoms with E-state index in [9.17, 15) is 0 Å². The van der Waals surface area contributed by atoms with Crippen LogP contribution >= 0.6 is 0 Å². The Kier molecular flexibility index (Phi) is 6.04. The van der Waals surface area contributed by atoms with Crippen LogP contribution < -0.4 is 5.32 Å². The first-order valence-electron chi connectivity index (χ1n) is 5.94. The number of hydrogen-bond acceptors (Lipinski definition) is 3. The third-order valence-corrected chi connectivity index (χ3v) is 2.62. The normalized spacial score (nSPS) is 12.7. The number of nitrogens with zero attached hydrogens (tertiary/aromatic N) is 1. The Bertz CT molecular complexity index is 302. The molecule has 0 aromatic carbocycles. The molecule has 1 rings (SSSR count). The summed E-state index contributed by atoms with van der Waals surface area (Å²) < 4.78 is 0. The lowest BCUT2D eigenvalue weighted by atomic mass is 10.1. The van der Waals surface area contributed by atoms with Crippen molar-refractivity contribution in [3.63, 3.8) is 0 Å². The first kappa shape index (κ1) is 13.1. The number of nitrogens with one attached hydrogen (secondary N) is 1. The molecule has 1 aromatic rings. The minimum atomic E-state index is 0.293. The van der Waals surface area contributed by atoms with Gasteiger partial charge in [-0.05, 0) is 43.4 Å². The van der Waals surface area contributed by atoms with Crippen molar-refractivity contribution in [3.8, 4) is 0 Å². The van der Waals surface area contributed by atoms with Crippen molar-refractivity contribution in [2.24, 2.45) is 5.92 Å². The predicted octanol–water partition coefficient (Wildman–Crippen LogP) is 1.89. The van der Waals surface area contributed by atoms with Gasteiger partial charge in [-0.2, -0.15) is 0 Å². The highest BCUT2D eigenvalue weighted by molar-refractivity contribution is 5.16. The second kappa shape index (κ2) is 7.36. The van der Waals surface area contributed by atoms with E-state index in [2.05, 4.69) is 30.2 Å². The van der Waals surface area contributed by atoms with Crippen molar-refractivity contribution in [1.29, 1.82) is 0 Å². The maximum absolute atomic E-state index is 8.87. The highest BCUT2D eigenvalue weighted by Crippen LogP contribution is 2.04. The second-order valence-electron chi connectivity index (χ2n) is 4.48. The Morgan fingerprint density at radius 3 is 2.94 bits per heavy atom. The van der Waals surface area contributed by atoms with E-state index in [1.54, 1.807) is 0 Å². The van der Waals surface area contributed by atoms with Gasteiger partial charge in [-0.3, -0.25) is 4.98 Å². The van der Waals surface area contributed by atoms with Crippen molar-refractivity contribution < 1.29 is 5.11 Å². The average Bonchev–Trinajstić information content (AvgIpc) is 2.28. The maximum atomic E-state index is 8.87. The average molecular weight is 222 g/mol. The summed E-state index contributed by atoms with van der Waals surface area (Å²) in [4.78, 5) is 4.15. The van der Waals surface area contributed by atoms with Crippen LogP contribution in [0.4, 0.5) is 0 Å². The van der Waals surface area contributed by atoms with Crippen LogP contribution in [0, 0.1) is 12.8 Å². The van der Waals surface area contributed by atoms with Gasteiger partial charge < -0.3 is 10.4 Å². The molecule has 3 heteroatoms. The molecule has 0 aliphatic heterocycles. The molecular weight excluding hydrogens is 200 g/mol. The molecule has 0 saturated carbocycles. The van der Waals surface area contributed by atoms with E-state index in [-0.39, 0.29) is 0 Å². The number of aromatic nitrogens is 1. The summed E-state index contributed by atoms with van der Waals surface area (Å²) in [7, 11) is 0. The minimum Gasteiger partial charge on any atom is -0.396 e. The lowest BCUT2D eigenvalue weighted by molar-refractivity contribution is 0.228. The van der Waals surface area contributed by atoms with Gasteiger partial charge in [0.2, 0.25) is 0 Å². The van der Waals surface area contributed by atoms with Gasteiger partial charge in [-0.15, -0.1) is 0 Å². The molecule has 2 N–H and O–H groups in total. The fourth-order valence-electron chi connectivity index (χ4n) is 1.61. The Hall–Kier alpha value is -0.930. The number of pyridine rings is 1. The molecular formula is C13H22N2O. The molecule has 1 heterocycles. The molecule has 0 aliphatic rings. The quantitative estimate of drug-likeness (QED) is 0.692. The molecule has 3 nitrogen and oxygen atoms in total. The second-order valence-corrected chi connectivity index (χ2v) is 4.48. The monoisotopic (exact) mass is 222 g/mol. The lowest BCUT2D eigenvalue weighted by Gasteiger charge is -2.08. The Labute approximate surface area is 97.9 Å². The number of aliphatic hydroxyl groups excluding tert-OH is 1. The summed E-state index contributed by atoms with van der Waals surface area (Å²) in [6.07, 6.45) is 5.96. The van der Waals surface area contributed by atoms with Gasteiger partial charge >= 0.3 is 0 Å². The Morgan fingerprint density at radius 2 is 2.25 bits per heavy atom. The van der Waals surface area contributed by atoms with E-state index in [1.165, 1.54) is 11.1 Å². The topological polar surface area (TPSA) is 45.2 Å². The Morgan fingerprint density at radius 1 is 1.44 bits per heavy atom. The molecule has 0 amide bonds.